The molecule has 0 aliphatic carbocycles. The zero-order chi connectivity index (χ0) is 9.03. The summed E-state index contributed by atoms with van der Waals surface area (Å²) in [6.07, 6.45) is 4.43. The van der Waals surface area contributed by atoms with Crippen molar-refractivity contribution in [3.05, 3.63) is 0 Å². The van der Waals surface area contributed by atoms with Crippen LogP contribution in [-0.2, 0) is 4.74 Å². The molecule has 0 bridgehead atoms. The van der Waals surface area contributed by atoms with Crippen molar-refractivity contribution in [1.82, 2.24) is 0 Å². The highest BCUT2D eigenvalue weighted by Gasteiger charge is 2.26. The van der Waals surface area contributed by atoms with Gasteiger partial charge in [-0.15, -0.1) is 0 Å². The summed E-state index contributed by atoms with van der Waals surface area (Å²) in [6, 6.07) is 0. The lowest BCUT2D eigenvalue weighted by Gasteiger charge is -2.29. The average Bonchev–Trinajstić information content (AvgIpc) is 2.12. The van der Waals surface area contributed by atoms with Crippen LogP contribution in [0.4, 0.5) is 0 Å². The highest BCUT2D eigenvalue weighted by molar-refractivity contribution is 4.86. The van der Waals surface area contributed by atoms with E-state index in [0.29, 0.717) is 5.92 Å². The van der Waals surface area contributed by atoms with Gasteiger partial charge in [0, 0.05) is 18.8 Å². The summed E-state index contributed by atoms with van der Waals surface area (Å²) in [5, 5.41) is 0. The first-order chi connectivity index (χ1) is 5.62. The number of nitrogens with two attached hydrogens (primary N) is 1. The molecule has 1 heterocycles. The summed E-state index contributed by atoms with van der Waals surface area (Å²) in [4.78, 5) is 0. The maximum atomic E-state index is 6.28. The first-order valence-corrected chi connectivity index (χ1v) is 4.99. The minimum absolute atomic E-state index is 0.0602. The molecule has 72 valence electrons. The molecule has 0 radical (unpaired) electrons. The van der Waals surface area contributed by atoms with Gasteiger partial charge in [-0.3, -0.25) is 0 Å². The van der Waals surface area contributed by atoms with Crippen LogP contribution in [0, 0.1) is 5.92 Å². The molecule has 0 aromatic carbocycles. The molecule has 1 unspecified atom stereocenters. The SMILES string of the molecule is CC(C)CC1(N)CCCOCC1. The summed E-state index contributed by atoms with van der Waals surface area (Å²) in [6.45, 7) is 6.22. The second kappa shape index (κ2) is 4.24. The Labute approximate surface area is 75.5 Å². The van der Waals surface area contributed by atoms with Crippen LogP contribution in [-0.4, -0.2) is 18.8 Å². The van der Waals surface area contributed by atoms with Gasteiger partial charge < -0.3 is 10.5 Å². The van der Waals surface area contributed by atoms with E-state index in [1.807, 2.05) is 0 Å². The third-order valence-corrected chi connectivity index (χ3v) is 2.52. The van der Waals surface area contributed by atoms with Gasteiger partial charge in [0.05, 0.1) is 0 Å². The summed E-state index contributed by atoms with van der Waals surface area (Å²) in [5.74, 6) is 0.702. The number of hydrogen-bond donors (Lipinski definition) is 1. The van der Waals surface area contributed by atoms with E-state index < -0.39 is 0 Å². The fraction of sp³-hybridized carbons (Fsp3) is 1.00. The molecule has 12 heavy (non-hydrogen) atoms. The van der Waals surface area contributed by atoms with Gasteiger partial charge >= 0.3 is 0 Å². The standard InChI is InChI=1S/C10H21NO/c1-9(2)8-10(11)4-3-6-12-7-5-10/h9H,3-8,11H2,1-2H3. The highest BCUT2D eigenvalue weighted by Crippen LogP contribution is 2.25. The van der Waals surface area contributed by atoms with Crippen molar-refractivity contribution in [2.45, 2.75) is 45.1 Å². The molecule has 1 saturated heterocycles. The molecule has 1 fully saturated rings. The normalized spacial score (nSPS) is 32.0. The first-order valence-electron chi connectivity index (χ1n) is 4.99. The van der Waals surface area contributed by atoms with Crippen LogP contribution in [0.3, 0.4) is 0 Å². The zero-order valence-electron chi connectivity index (χ0n) is 8.31. The van der Waals surface area contributed by atoms with E-state index in [4.69, 9.17) is 10.5 Å². The van der Waals surface area contributed by atoms with Crippen molar-refractivity contribution >= 4 is 0 Å². The number of hydrogen-bond acceptors (Lipinski definition) is 2. The monoisotopic (exact) mass is 171 g/mol. The Morgan fingerprint density at radius 3 is 2.75 bits per heavy atom. The molecule has 0 amide bonds. The Morgan fingerprint density at radius 2 is 2.08 bits per heavy atom. The molecule has 0 aromatic heterocycles. The van der Waals surface area contributed by atoms with E-state index in [2.05, 4.69) is 13.8 Å². The lowest BCUT2D eigenvalue weighted by atomic mass is 9.84. The Balaban J connectivity index is 2.42. The minimum Gasteiger partial charge on any atom is -0.381 e. The Kier molecular flexibility index (Phi) is 3.53. The van der Waals surface area contributed by atoms with Gasteiger partial charge in [-0.1, -0.05) is 13.8 Å². The molecule has 1 aliphatic rings. The minimum atomic E-state index is 0.0602. The van der Waals surface area contributed by atoms with Gasteiger partial charge in [0.15, 0.2) is 0 Å². The summed E-state index contributed by atoms with van der Waals surface area (Å²) < 4.78 is 5.39. The molecule has 0 aromatic rings. The lowest BCUT2D eigenvalue weighted by molar-refractivity contribution is 0.138. The van der Waals surface area contributed by atoms with E-state index in [0.717, 1.165) is 38.9 Å². The molecular formula is C10H21NO. The van der Waals surface area contributed by atoms with Crippen LogP contribution < -0.4 is 5.73 Å². The molecular weight excluding hydrogens is 150 g/mol. The predicted octanol–water partition coefficient (Wildman–Crippen LogP) is 1.93. The molecule has 2 heteroatoms. The van der Waals surface area contributed by atoms with Crippen LogP contribution >= 0.6 is 0 Å². The van der Waals surface area contributed by atoms with Crippen LogP contribution in [0.25, 0.3) is 0 Å². The molecule has 1 atom stereocenters. The molecule has 2 N–H and O–H groups in total. The smallest absolute Gasteiger partial charge is 0.0483 e. The van der Waals surface area contributed by atoms with Gasteiger partial charge in [-0.2, -0.15) is 0 Å². The van der Waals surface area contributed by atoms with Crippen molar-refractivity contribution < 1.29 is 4.74 Å². The molecule has 1 rings (SSSR count). The third-order valence-electron chi connectivity index (χ3n) is 2.52. The second-order valence-corrected chi connectivity index (χ2v) is 4.43. The quantitative estimate of drug-likeness (QED) is 0.689. The van der Waals surface area contributed by atoms with Crippen LogP contribution in [0.5, 0.6) is 0 Å². The Hall–Kier alpha value is -0.0800. The average molecular weight is 171 g/mol. The number of ether oxygens (including phenoxy) is 1. The molecule has 2 nitrogen and oxygen atoms in total. The Morgan fingerprint density at radius 1 is 1.33 bits per heavy atom. The van der Waals surface area contributed by atoms with Crippen molar-refractivity contribution in [2.75, 3.05) is 13.2 Å². The summed E-state index contributed by atoms with van der Waals surface area (Å²) >= 11 is 0. The van der Waals surface area contributed by atoms with Crippen LogP contribution in [0.2, 0.25) is 0 Å². The van der Waals surface area contributed by atoms with E-state index in [1.54, 1.807) is 0 Å². The molecule has 0 spiro atoms. The first kappa shape index (κ1) is 10.0. The highest BCUT2D eigenvalue weighted by atomic mass is 16.5. The Bertz CT molecular complexity index is 126. The van der Waals surface area contributed by atoms with Gasteiger partial charge in [0.25, 0.3) is 0 Å². The van der Waals surface area contributed by atoms with E-state index in [-0.39, 0.29) is 5.54 Å². The van der Waals surface area contributed by atoms with Gasteiger partial charge in [-0.05, 0) is 31.6 Å². The summed E-state index contributed by atoms with van der Waals surface area (Å²) in [5.41, 5.74) is 6.34. The van der Waals surface area contributed by atoms with Gasteiger partial charge in [0.2, 0.25) is 0 Å². The third kappa shape index (κ3) is 3.11. The van der Waals surface area contributed by atoms with Crippen LogP contribution in [0.15, 0.2) is 0 Å². The second-order valence-electron chi connectivity index (χ2n) is 4.43. The van der Waals surface area contributed by atoms with Crippen molar-refractivity contribution in [3.8, 4) is 0 Å². The topological polar surface area (TPSA) is 35.2 Å². The molecule has 1 aliphatic heterocycles. The lowest BCUT2D eigenvalue weighted by Crippen LogP contribution is -2.41. The van der Waals surface area contributed by atoms with Gasteiger partial charge in [-0.25, -0.2) is 0 Å². The van der Waals surface area contributed by atoms with E-state index >= 15 is 0 Å². The van der Waals surface area contributed by atoms with Crippen molar-refractivity contribution in [3.63, 3.8) is 0 Å². The maximum Gasteiger partial charge on any atom is 0.0483 e. The van der Waals surface area contributed by atoms with Crippen LogP contribution in [0.1, 0.15) is 39.5 Å². The number of rotatable bonds is 2. The largest absolute Gasteiger partial charge is 0.381 e. The fourth-order valence-corrected chi connectivity index (χ4v) is 2.05. The van der Waals surface area contributed by atoms with E-state index in [1.165, 1.54) is 0 Å². The fourth-order valence-electron chi connectivity index (χ4n) is 2.05. The molecule has 0 saturated carbocycles. The van der Waals surface area contributed by atoms with Crippen molar-refractivity contribution in [2.24, 2.45) is 11.7 Å². The van der Waals surface area contributed by atoms with E-state index in [9.17, 15) is 0 Å². The van der Waals surface area contributed by atoms with Gasteiger partial charge in [0.1, 0.15) is 0 Å². The zero-order valence-corrected chi connectivity index (χ0v) is 8.31. The van der Waals surface area contributed by atoms with Crippen molar-refractivity contribution in [1.29, 1.82) is 0 Å². The predicted molar refractivity (Wildman–Crippen MR) is 51.0 cm³/mol. The maximum absolute atomic E-state index is 6.28. The summed E-state index contributed by atoms with van der Waals surface area (Å²) in [7, 11) is 0.